The molecule has 2 N–H and O–H groups in total. The zero-order chi connectivity index (χ0) is 11.2. The highest BCUT2D eigenvalue weighted by Crippen LogP contribution is 2.26. The van der Waals surface area contributed by atoms with Crippen LogP contribution in [-0.2, 0) is 6.42 Å². The summed E-state index contributed by atoms with van der Waals surface area (Å²) in [6.07, 6.45) is 6.23. The van der Waals surface area contributed by atoms with Gasteiger partial charge in [0.05, 0.1) is 0 Å². The van der Waals surface area contributed by atoms with Crippen molar-refractivity contribution in [2.24, 2.45) is 5.73 Å². The second-order valence-electron chi connectivity index (χ2n) is 4.57. The van der Waals surface area contributed by atoms with Gasteiger partial charge in [-0.2, -0.15) is 0 Å². The molecule has 1 aromatic carbocycles. The first-order valence-corrected chi connectivity index (χ1v) is 6.45. The summed E-state index contributed by atoms with van der Waals surface area (Å²) in [6, 6.07) is 8.85. The Balaban J connectivity index is 2.06. The molecule has 2 rings (SSSR count). The van der Waals surface area contributed by atoms with E-state index in [2.05, 4.69) is 29.2 Å². The number of nitrogens with zero attached hydrogens (tertiary/aromatic N) is 1. The molecule has 1 aliphatic heterocycles. The second kappa shape index (κ2) is 5.90. The fraction of sp³-hybridized carbons (Fsp3) is 0.571. The Kier molecular flexibility index (Phi) is 4.23. The molecule has 0 aromatic heterocycles. The van der Waals surface area contributed by atoms with Gasteiger partial charge in [0, 0.05) is 18.8 Å². The predicted octanol–water partition coefficient (Wildman–Crippen LogP) is 2.57. The van der Waals surface area contributed by atoms with Crippen molar-refractivity contribution < 1.29 is 0 Å². The Morgan fingerprint density at radius 3 is 2.88 bits per heavy atom. The highest BCUT2D eigenvalue weighted by atomic mass is 15.1. The highest BCUT2D eigenvalue weighted by molar-refractivity contribution is 5.54. The standard InChI is InChI=1S/C14H22N2/c15-10-4-6-12-16-11-5-3-8-13-7-1-2-9-14(13)16/h1-2,7,9H,3-6,8,10-12,15H2. The van der Waals surface area contributed by atoms with Gasteiger partial charge in [0.2, 0.25) is 0 Å². The zero-order valence-electron chi connectivity index (χ0n) is 9.99. The Morgan fingerprint density at radius 2 is 2.00 bits per heavy atom. The summed E-state index contributed by atoms with van der Waals surface area (Å²) in [5, 5.41) is 0. The van der Waals surface area contributed by atoms with Crippen LogP contribution >= 0.6 is 0 Å². The average Bonchev–Trinajstić information content (AvgIpc) is 2.52. The van der Waals surface area contributed by atoms with Crippen molar-refractivity contribution in [1.29, 1.82) is 0 Å². The number of para-hydroxylation sites is 1. The molecule has 0 bridgehead atoms. The topological polar surface area (TPSA) is 29.3 Å². The van der Waals surface area contributed by atoms with E-state index < -0.39 is 0 Å². The van der Waals surface area contributed by atoms with E-state index in [1.165, 1.54) is 43.5 Å². The van der Waals surface area contributed by atoms with Gasteiger partial charge < -0.3 is 10.6 Å². The lowest BCUT2D eigenvalue weighted by atomic mass is 10.1. The Hall–Kier alpha value is -1.02. The SMILES string of the molecule is NCCCCN1CCCCc2ccccc21. The van der Waals surface area contributed by atoms with Crippen LogP contribution in [0.2, 0.25) is 0 Å². The molecule has 2 heteroatoms. The molecule has 0 unspecified atom stereocenters. The molecule has 1 aromatic rings. The highest BCUT2D eigenvalue weighted by Gasteiger charge is 2.13. The summed E-state index contributed by atoms with van der Waals surface area (Å²) in [6.45, 7) is 3.19. The van der Waals surface area contributed by atoms with Crippen molar-refractivity contribution in [2.75, 3.05) is 24.5 Å². The van der Waals surface area contributed by atoms with Gasteiger partial charge in [0.15, 0.2) is 0 Å². The minimum atomic E-state index is 0.815. The normalized spacial score (nSPS) is 15.7. The fourth-order valence-electron chi connectivity index (χ4n) is 2.45. The minimum Gasteiger partial charge on any atom is -0.371 e. The molecule has 1 heterocycles. The zero-order valence-corrected chi connectivity index (χ0v) is 9.99. The molecule has 2 nitrogen and oxygen atoms in total. The quantitative estimate of drug-likeness (QED) is 0.787. The van der Waals surface area contributed by atoms with Gasteiger partial charge >= 0.3 is 0 Å². The average molecular weight is 218 g/mol. The first kappa shape index (κ1) is 11.5. The lowest BCUT2D eigenvalue weighted by Crippen LogP contribution is -2.25. The van der Waals surface area contributed by atoms with Crippen LogP contribution in [-0.4, -0.2) is 19.6 Å². The molecule has 0 amide bonds. The third kappa shape index (κ3) is 2.76. The van der Waals surface area contributed by atoms with E-state index in [9.17, 15) is 0 Å². The van der Waals surface area contributed by atoms with Gasteiger partial charge in [0.1, 0.15) is 0 Å². The maximum atomic E-state index is 5.55. The molecule has 1 aliphatic rings. The van der Waals surface area contributed by atoms with E-state index >= 15 is 0 Å². The number of aryl methyl sites for hydroxylation is 1. The largest absolute Gasteiger partial charge is 0.371 e. The van der Waals surface area contributed by atoms with Crippen molar-refractivity contribution in [2.45, 2.75) is 32.1 Å². The third-order valence-corrected chi connectivity index (χ3v) is 3.34. The van der Waals surface area contributed by atoms with Crippen LogP contribution in [0.1, 0.15) is 31.2 Å². The first-order valence-electron chi connectivity index (χ1n) is 6.45. The number of unbranched alkanes of at least 4 members (excludes halogenated alkanes) is 1. The number of hydrogen-bond donors (Lipinski definition) is 1. The van der Waals surface area contributed by atoms with Gasteiger partial charge in [-0.15, -0.1) is 0 Å². The van der Waals surface area contributed by atoms with Crippen molar-refractivity contribution in [3.05, 3.63) is 29.8 Å². The van der Waals surface area contributed by atoms with Crippen molar-refractivity contribution in [3.8, 4) is 0 Å². The minimum absolute atomic E-state index is 0.815. The first-order chi connectivity index (χ1) is 7.92. The van der Waals surface area contributed by atoms with Crippen LogP contribution in [0.5, 0.6) is 0 Å². The Labute approximate surface area is 98.4 Å². The van der Waals surface area contributed by atoms with Crippen LogP contribution in [0.15, 0.2) is 24.3 Å². The molecule has 0 fully saturated rings. The Morgan fingerprint density at radius 1 is 1.12 bits per heavy atom. The lowest BCUT2D eigenvalue weighted by Gasteiger charge is -2.24. The maximum absolute atomic E-state index is 5.55. The molecule has 0 atom stereocenters. The van der Waals surface area contributed by atoms with Gasteiger partial charge in [-0.3, -0.25) is 0 Å². The van der Waals surface area contributed by atoms with Crippen LogP contribution in [0.25, 0.3) is 0 Å². The van der Waals surface area contributed by atoms with Gasteiger partial charge in [-0.25, -0.2) is 0 Å². The van der Waals surface area contributed by atoms with Crippen LogP contribution < -0.4 is 10.6 Å². The van der Waals surface area contributed by atoms with E-state index in [4.69, 9.17) is 5.73 Å². The third-order valence-electron chi connectivity index (χ3n) is 3.34. The second-order valence-corrected chi connectivity index (χ2v) is 4.57. The lowest BCUT2D eigenvalue weighted by molar-refractivity contribution is 0.668. The molecule has 0 aliphatic carbocycles. The summed E-state index contributed by atoms with van der Waals surface area (Å²) in [5.74, 6) is 0. The molecule has 0 saturated heterocycles. The van der Waals surface area contributed by atoms with E-state index in [0.717, 1.165) is 19.5 Å². The number of rotatable bonds is 4. The number of anilines is 1. The summed E-state index contributed by atoms with van der Waals surface area (Å²) >= 11 is 0. The summed E-state index contributed by atoms with van der Waals surface area (Å²) in [4.78, 5) is 2.54. The molecule has 0 saturated carbocycles. The maximum Gasteiger partial charge on any atom is 0.0398 e. The van der Waals surface area contributed by atoms with Gasteiger partial charge in [-0.1, -0.05) is 18.2 Å². The van der Waals surface area contributed by atoms with E-state index in [1.54, 1.807) is 0 Å². The smallest absolute Gasteiger partial charge is 0.0398 e. The van der Waals surface area contributed by atoms with Gasteiger partial charge in [-0.05, 0) is 50.3 Å². The summed E-state index contributed by atoms with van der Waals surface area (Å²) < 4.78 is 0. The molecule has 0 radical (unpaired) electrons. The summed E-state index contributed by atoms with van der Waals surface area (Å²) in [7, 11) is 0. The molecule has 88 valence electrons. The molecule has 16 heavy (non-hydrogen) atoms. The molecular formula is C14H22N2. The van der Waals surface area contributed by atoms with E-state index in [0.29, 0.717) is 0 Å². The Bertz CT molecular complexity index is 322. The van der Waals surface area contributed by atoms with Crippen LogP contribution in [0.3, 0.4) is 0 Å². The number of nitrogens with two attached hydrogens (primary N) is 1. The number of hydrogen-bond acceptors (Lipinski definition) is 2. The number of fused-ring (bicyclic) bond motifs is 1. The van der Waals surface area contributed by atoms with E-state index in [1.807, 2.05) is 0 Å². The molecular weight excluding hydrogens is 196 g/mol. The number of benzene rings is 1. The molecule has 0 spiro atoms. The predicted molar refractivity (Wildman–Crippen MR) is 69.9 cm³/mol. The van der Waals surface area contributed by atoms with Crippen LogP contribution in [0, 0.1) is 0 Å². The van der Waals surface area contributed by atoms with Gasteiger partial charge in [0.25, 0.3) is 0 Å². The van der Waals surface area contributed by atoms with Crippen LogP contribution in [0.4, 0.5) is 5.69 Å². The fourth-order valence-corrected chi connectivity index (χ4v) is 2.45. The monoisotopic (exact) mass is 218 g/mol. The van der Waals surface area contributed by atoms with E-state index in [-0.39, 0.29) is 0 Å². The van der Waals surface area contributed by atoms with Crippen molar-refractivity contribution >= 4 is 5.69 Å². The summed E-state index contributed by atoms with van der Waals surface area (Å²) in [5.41, 5.74) is 8.53. The van der Waals surface area contributed by atoms with Crippen molar-refractivity contribution in [1.82, 2.24) is 0 Å². The van der Waals surface area contributed by atoms with Crippen molar-refractivity contribution in [3.63, 3.8) is 0 Å².